The van der Waals surface area contributed by atoms with Crippen LogP contribution in [0.1, 0.15) is 26.7 Å². The third-order valence-electron chi connectivity index (χ3n) is 6.85. The molecule has 0 aromatic heterocycles. The van der Waals surface area contributed by atoms with Crippen LogP contribution in [0.3, 0.4) is 0 Å². The van der Waals surface area contributed by atoms with Crippen molar-refractivity contribution < 1.29 is 0 Å². The van der Waals surface area contributed by atoms with Crippen molar-refractivity contribution in [2.75, 3.05) is 0 Å². The maximum Gasteiger partial charge on any atom is 0.0137 e. The van der Waals surface area contributed by atoms with Gasteiger partial charge in [0.2, 0.25) is 0 Å². The molecule has 82 valence electrons. The fourth-order valence-electron chi connectivity index (χ4n) is 7.23. The Morgan fingerprint density at radius 3 is 1.80 bits per heavy atom. The van der Waals surface area contributed by atoms with Crippen molar-refractivity contribution in [3.05, 3.63) is 0 Å². The molecule has 0 amide bonds. The number of nitrogens with one attached hydrogen (secondary N) is 1. The van der Waals surface area contributed by atoms with Gasteiger partial charge in [-0.2, -0.15) is 0 Å². The minimum absolute atomic E-state index is 0.699. The molecular weight excluding hydrogens is 182 g/mol. The van der Waals surface area contributed by atoms with E-state index in [4.69, 9.17) is 0 Å². The zero-order valence-electron chi connectivity index (χ0n) is 9.69. The Balaban J connectivity index is 1.60. The molecule has 9 atom stereocenters. The normalized spacial score (nSPS) is 71.0. The van der Waals surface area contributed by atoms with Crippen LogP contribution < -0.4 is 5.32 Å². The Morgan fingerprint density at radius 1 is 0.800 bits per heavy atom. The van der Waals surface area contributed by atoms with Crippen LogP contribution in [0.2, 0.25) is 0 Å². The first-order valence-electron chi connectivity index (χ1n) is 7.03. The van der Waals surface area contributed by atoms with E-state index < -0.39 is 0 Å². The summed E-state index contributed by atoms with van der Waals surface area (Å²) in [6.07, 6.45) is 3.27. The van der Waals surface area contributed by atoms with Crippen LogP contribution in [-0.2, 0) is 0 Å². The molecule has 6 rings (SSSR count). The zero-order chi connectivity index (χ0) is 9.89. The molecule has 15 heavy (non-hydrogen) atoms. The van der Waals surface area contributed by atoms with Gasteiger partial charge in [0.05, 0.1) is 0 Å². The van der Waals surface area contributed by atoms with Gasteiger partial charge in [-0.3, -0.25) is 0 Å². The summed E-state index contributed by atoms with van der Waals surface area (Å²) in [4.78, 5) is 0. The monoisotopic (exact) mass is 203 g/mol. The summed E-state index contributed by atoms with van der Waals surface area (Å²) >= 11 is 0. The topological polar surface area (TPSA) is 12.0 Å². The van der Waals surface area contributed by atoms with Gasteiger partial charge in [-0.1, -0.05) is 13.8 Å². The second-order valence-electron chi connectivity index (χ2n) is 7.28. The van der Waals surface area contributed by atoms with E-state index in [0.717, 1.165) is 17.9 Å². The lowest BCUT2D eigenvalue weighted by molar-refractivity contribution is 0.132. The summed E-state index contributed by atoms with van der Waals surface area (Å²) in [6, 6.07) is 1.64. The number of hydrogen-bond acceptors (Lipinski definition) is 1. The standard InChI is InChI=1S/C14H21N/c1-5(2)15-14-12-8-3-6-7-4-9(10(6)12)13(14)11(7)8/h5-15H,3-4H2,1-2H3/t6-,7+,8-,9-,10-,11-,12-,13+,14?/m1/s1. The maximum absolute atomic E-state index is 3.92. The van der Waals surface area contributed by atoms with Crippen LogP contribution in [0.4, 0.5) is 0 Å². The van der Waals surface area contributed by atoms with Crippen molar-refractivity contribution in [1.82, 2.24) is 5.32 Å². The first-order chi connectivity index (χ1) is 7.27. The molecule has 1 nitrogen and oxygen atoms in total. The smallest absolute Gasteiger partial charge is 0.0137 e. The Labute approximate surface area is 92.0 Å². The summed E-state index contributed by atoms with van der Waals surface area (Å²) in [5.74, 6) is 9.36. The average molecular weight is 203 g/mol. The third kappa shape index (κ3) is 0.638. The van der Waals surface area contributed by atoms with E-state index in [1.807, 2.05) is 0 Å². The SMILES string of the molecule is CC(C)NC1[C@@H]2[C@@H]3C[C@@H]4[C@@H]5C[C@@H]([C@H]1[C@H]53)[C@@H]42. The van der Waals surface area contributed by atoms with Crippen LogP contribution in [0, 0.1) is 47.3 Å². The van der Waals surface area contributed by atoms with Gasteiger partial charge in [0, 0.05) is 12.1 Å². The van der Waals surface area contributed by atoms with Crippen molar-refractivity contribution in [2.45, 2.75) is 38.8 Å². The summed E-state index contributed by atoms with van der Waals surface area (Å²) in [7, 11) is 0. The molecule has 0 saturated heterocycles. The highest BCUT2D eigenvalue weighted by Gasteiger charge is 2.80. The van der Waals surface area contributed by atoms with Crippen LogP contribution in [0.5, 0.6) is 0 Å². The predicted octanol–water partition coefficient (Wildman–Crippen LogP) is 2.13. The molecule has 0 aliphatic heterocycles. The molecule has 6 bridgehead atoms. The Morgan fingerprint density at radius 2 is 1.33 bits per heavy atom. The van der Waals surface area contributed by atoms with Gasteiger partial charge in [0.1, 0.15) is 0 Å². The minimum atomic E-state index is 0.699. The lowest BCUT2D eigenvalue weighted by Gasteiger charge is -2.33. The average Bonchev–Trinajstić information content (AvgIpc) is 2.80. The van der Waals surface area contributed by atoms with Crippen molar-refractivity contribution in [3.63, 3.8) is 0 Å². The van der Waals surface area contributed by atoms with Crippen LogP contribution in [-0.4, -0.2) is 12.1 Å². The summed E-state index contributed by atoms with van der Waals surface area (Å²) in [6.45, 7) is 4.66. The fraction of sp³-hybridized carbons (Fsp3) is 1.00. The maximum atomic E-state index is 3.92. The van der Waals surface area contributed by atoms with Gasteiger partial charge in [-0.05, 0) is 60.2 Å². The molecule has 0 aromatic carbocycles. The Kier molecular flexibility index (Phi) is 1.17. The molecule has 1 unspecified atom stereocenters. The van der Waals surface area contributed by atoms with E-state index in [0.29, 0.717) is 6.04 Å². The van der Waals surface area contributed by atoms with Gasteiger partial charge >= 0.3 is 0 Å². The van der Waals surface area contributed by atoms with Crippen LogP contribution in [0.15, 0.2) is 0 Å². The van der Waals surface area contributed by atoms with E-state index >= 15 is 0 Å². The summed E-state index contributed by atoms with van der Waals surface area (Å²) in [5.41, 5.74) is 0. The molecule has 0 radical (unpaired) electrons. The first-order valence-corrected chi connectivity index (χ1v) is 7.03. The highest BCUT2D eigenvalue weighted by molar-refractivity contribution is 5.29. The number of hydrogen-bond donors (Lipinski definition) is 1. The summed E-state index contributed by atoms with van der Waals surface area (Å²) < 4.78 is 0. The van der Waals surface area contributed by atoms with Crippen molar-refractivity contribution in [3.8, 4) is 0 Å². The molecule has 0 aromatic rings. The van der Waals surface area contributed by atoms with Gasteiger partial charge in [0.25, 0.3) is 0 Å². The molecule has 6 saturated carbocycles. The highest BCUT2D eigenvalue weighted by atomic mass is 15.0. The quantitative estimate of drug-likeness (QED) is 0.725. The fourth-order valence-corrected chi connectivity index (χ4v) is 7.23. The van der Waals surface area contributed by atoms with E-state index in [9.17, 15) is 0 Å². The third-order valence-corrected chi connectivity index (χ3v) is 6.85. The zero-order valence-corrected chi connectivity index (χ0v) is 9.69. The molecule has 1 heteroatoms. The lowest BCUT2D eigenvalue weighted by atomic mass is 9.71. The lowest BCUT2D eigenvalue weighted by Crippen LogP contribution is -2.39. The van der Waals surface area contributed by atoms with E-state index in [2.05, 4.69) is 19.2 Å². The van der Waals surface area contributed by atoms with Crippen molar-refractivity contribution in [1.29, 1.82) is 0 Å². The van der Waals surface area contributed by atoms with E-state index in [1.165, 1.54) is 35.5 Å². The molecule has 0 spiro atoms. The second kappa shape index (κ2) is 2.16. The molecule has 6 fully saturated rings. The molecule has 1 N–H and O–H groups in total. The Bertz CT molecular complexity index is 308. The largest absolute Gasteiger partial charge is 0.311 e. The predicted molar refractivity (Wildman–Crippen MR) is 59.2 cm³/mol. The van der Waals surface area contributed by atoms with Gasteiger partial charge < -0.3 is 5.32 Å². The minimum Gasteiger partial charge on any atom is -0.311 e. The molecule has 0 heterocycles. The first kappa shape index (κ1) is 8.11. The van der Waals surface area contributed by atoms with Gasteiger partial charge in [0.15, 0.2) is 0 Å². The molecule has 6 aliphatic rings. The van der Waals surface area contributed by atoms with Crippen LogP contribution in [0.25, 0.3) is 0 Å². The highest BCUT2D eigenvalue weighted by Crippen LogP contribution is 2.82. The van der Waals surface area contributed by atoms with E-state index in [1.54, 1.807) is 12.8 Å². The molecule has 6 aliphatic carbocycles. The van der Waals surface area contributed by atoms with E-state index in [-0.39, 0.29) is 0 Å². The second-order valence-corrected chi connectivity index (χ2v) is 7.28. The van der Waals surface area contributed by atoms with Gasteiger partial charge in [-0.15, -0.1) is 0 Å². The number of rotatable bonds is 2. The molecular formula is C14H21N. The van der Waals surface area contributed by atoms with Crippen molar-refractivity contribution in [2.24, 2.45) is 47.3 Å². The van der Waals surface area contributed by atoms with Crippen molar-refractivity contribution >= 4 is 0 Å². The summed E-state index contributed by atoms with van der Waals surface area (Å²) in [5, 5.41) is 3.92. The van der Waals surface area contributed by atoms with Crippen LogP contribution >= 0.6 is 0 Å². The Hall–Kier alpha value is -0.0400. The van der Waals surface area contributed by atoms with Gasteiger partial charge in [-0.25, -0.2) is 0 Å².